The van der Waals surface area contributed by atoms with Crippen molar-refractivity contribution in [1.82, 2.24) is 0 Å². The van der Waals surface area contributed by atoms with Crippen molar-refractivity contribution in [2.75, 3.05) is 6.61 Å². The lowest BCUT2D eigenvalue weighted by Gasteiger charge is -2.75. The molecular weight excluding hydrogens is 1150 g/mol. The molecule has 40 bridgehead atoms. The van der Waals surface area contributed by atoms with E-state index >= 15 is 0 Å². The van der Waals surface area contributed by atoms with E-state index in [1.54, 1.807) is 96.3 Å². The Bertz CT molecular complexity index is 2540. The molecule has 87 heavy (non-hydrogen) atoms. The molecule has 0 aromatic rings. The lowest BCUT2D eigenvalue weighted by atomic mass is 9.30. The van der Waals surface area contributed by atoms with Crippen LogP contribution < -0.4 is 18.1 Å². The zero-order valence-corrected chi connectivity index (χ0v) is 57.0. The van der Waals surface area contributed by atoms with Crippen LogP contribution in [0.2, 0.25) is 0 Å². The van der Waals surface area contributed by atoms with Crippen molar-refractivity contribution in [3.63, 3.8) is 0 Å². The Morgan fingerprint density at radius 3 is 0.943 bits per heavy atom. The quantitative estimate of drug-likeness (QED) is 0.106. The maximum absolute atomic E-state index is 10.5. The normalized spacial score (nSPS) is 65.8. The Morgan fingerprint density at radius 1 is 0.379 bits per heavy atom. The van der Waals surface area contributed by atoms with Crippen LogP contribution in [0.25, 0.3) is 10.4 Å². The molecule has 24 unspecified atom stereocenters. The highest BCUT2D eigenvalue weighted by Gasteiger charge is 2.76. The largest absolute Gasteiger partial charge is 1.00 e. The molecule has 0 spiro atoms. The predicted molar refractivity (Wildman–Crippen MR) is 341 cm³/mol. The van der Waals surface area contributed by atoms with Gasteiger partial charge in [-0.05, 0) is 435 Å². The van der Waals surface area contributed by atoms with Crippen LogP contribution in [0.5, 0.6) is 0 Å². The zero-order chi connectivity index (χ0) is 57.4. The van der Waals surface area contributed by atoms with Crippen LogP contribution in [0.15, 0.2) is 5.11 Å². The Kier molecular flexibility index (Phi) is 12.6. The number of hydrogen-bond donors (Lipinski definition) is 3. The Balaban J connectivity index is 0.0000000767. The lowest BCUT2D eigenvalue weighted by molar-refractivity contribution is -0.474. The highest BCUT2D eigenvalue weighted by molar-refractivity contribution is 9.09. The molecule has 35 aliphatic rings. The van der Waals surface area contributed by atoms with Crippen LogP contribution in [0.1, 0.15) is 220 Å². The molecule has 0 heterocycles. The zero-order valence-electron chi connectivity index (χ0n) is 54.6. The molecule has 5 N–H and O–H groups in total. The summed E-state index contributed by atoms with van der Waals surface area (Å²) >= 11 is 4.05. The molecule has 35 fully saturated rings. The summed E-state index contributed by atoms with van der Waals surface area (Å²) in [5.74, 6) is 36.8. The predicted octanol–water partition coefficient (Wildman–Crippen LogP) is 14.0. The van der Waals surface area contributed by atoms with Gasteiger partial charge >= 0.3 is 0 Å². The number of alkyl halides is 1. The molecule has 24 atom stereocenters. The van der Waals surface area contributed by atoms with Gasteiger partial charge in [0.2, 0.25) is 0 Å². The van der Waals surface area contributed by atoms with Crippen molar-refractivity contribution in [3.8, 4) is 0 Å². The number of rotatable bonds is 6. The number of azide groups is 1. The van der Waals surface area contributed by atoms with Gasteiger partial charge in [0, 0.05) is 33.2 Å². The van der Waals surface area contributed by atoms with Gasteiger partial charge in [-0.3, -0.25) is 0 Å². The van der Waals surface area contributed by atoms with E-state index < -0.39 is 0 Å². The monoisotopic (exact) mass is 1270 g/mol. The van der Waals surface area contributed by atoms with Gasteiger partial charge in [-0.1, -0.05) is 34.9 Å². The number of hydrogen-bond acceptors (Lipinski definition) is 3. The third-order valence-corrected chi connectivity index (χ3v) is 40.4. The fraction of sp³-hybridized carbons (Fsp3) is 1.00. The van der Waals surface area contributed by atoms with Gasteiger partial charge in [0.25, 0.3) is 0 Å². The maximum Gasteiger partial charge on any atom is 0.0877 e. The first-order valence-corrected chi connectivity index (χ1v) is 40.4. The van der Waals surface area contributed by atoms with Crippen LogP contribution in [0, 0.1) is 234 Å². The second-order valence-corrected chi connectivity index (χ2v) is 41.9. The third kappa shape index (κ3) is 6.96. The molecule has 0 amide bonds. The Hall–Kier alpha value is -0.0400. The molecule has 480 valence electrons. The summed E-state index contributed by atoms with van der Waals surface area (Å²) in [6, 6.07) is 0.950. The number of nitrogens with zero attached hydrogens (tertiary/aromatic N) is 3. The summed E-state index contributed by atoms with van der Waals surface area (Å²) in [4.78, 5) is 3.95. The van der Waals surface area contributed by atoms with Gasteiger partial charge in [0.15, 0.2) is 0 Å². The van der Waals surface area contributed by atoms with Crippen molar-refractivity contribution >= 4 is 15.9 Å². The summed E-state index contributed by atoms with van der Waals surface area (Å²) in [6.45, 7) is 9.79. The van der Waals surface area contributed by atoms with E-state index in [2.05, 4.69) is 59.4 Å². The van der Waals surface area contributed by atoms with Crippen molar-refractivity contribution < 1.29 is 28.4 Å². The van der Waals surface area contributed by atoms with Gasteiger partial charge in [0.05, 0.1) is 12.1 Å². The highest BCUT2D eigenvalue weighted by Crippen LogP contribution is 2.82. The fourth-order valence-corrected chi connectivity index (χ4v) is 39.9. The number of aliphatic hydroxyl groups is 2. The minimum absolute atomic E-state index is 0. The van der Waals surface area contributed by atoms with Crippen LogP contribution in [0.3, 0.4) is 0 Å². The van der Waals surface area contributed by atoms with Crippen molar-refractivity contribution in [3.05, 3.63) is 10.4 Å². The molecule has 35 aliphatic carbocycles. The average Bonchev–Trinajstić information content (AvgIpc) is 0.740. The summed E-state index contributed by atoms with van der Waals surface area (Å²) in [6.07, 6.45) is 46.0. The Morgan fingerprint density at radius 2 is 0.632 bits per heavy atom. The van der Waals surface area contributed by atoms with Gasteiger partial charge in [-0.25, -0.2) is 0 Å². The molecule has 0 aliphatic heterocycles. The van der Waals surface area contributed by atoms with Gasteiger partial charge < -0.3 is 28.4 Å². The van der Waals surface area contributed by atoms with E-state index in [1.807, 2.05) is 0 Å². The van der Waals surface area contributed by atoms with Crippen LogP contribution in [-0.4, -0.2) is 39.8 Å². The molecule has 35 saturated carbocycles. The molecule has 0 radical (unpaired) electrons. The van der Waals surface area contributed by atoms with Crippen molar-refractivity contribution in [2.45, 2.75) is 243 Å². The van der Waals surface area contributed by atoms with E-state index in [0.29, 0.717) is 34.3 Å². The molecule has 8 heteroatoms. The van der Waals surface area contributed by atoms with Crippen LogP contribution >= 0.6 is 15.9 Å². The average molecular weight is 1270 g/mol. The first-order valence-electron chi connectivity index (χ1n) is 39.5. The van der Waals surface area contributed by atoms with E-state index in [-0.39, 0.29) is 24.6 Å². The van der Waals surface area contributed by atoms with E-state index in [1.165, 1.54) is 108 Å². The first-order chi connectivity index (χ1) is 41.6. The van der Waals surface area contributed by atoms with Crippen molar-refractivity contribution in [2.24, 2.45) is 239 Å². The maximum atomic E-state index is 10.5. The molecule has 6 nitrogen and oxygen atoms in total. The topological polar surface area (TPSA) is 117 Å². The minimum Gasteiger partial charge on any atom is -1.00 e. The molecular formula is C79H118BrClN4O2. The van der Waals surface area contributed by atoms with Gasteiger partial charge in [-0.2, -0.15) is 0 Å². The Labute approximate surface area is 540 Å². The standard InChI is InChI=1S/C16H23Br.C16H23N3.C16H25N.C16H24O.C15H22O.ClH/c1-8(17)16-7-10-3-12-11-2-9(5-14(12)16)6-15(16)13(11)4-10;1-8(18-19-17)16-7-10-3-12-11-2-9(5-14(12)16)6-15(16)13(11)4-10;2*1-8(17)16-7-10-3-12-11-2-9(5-14(12)16)6-15(16)13(11)4-10;16-7-15-6-9-2-11-10-1-8(4-13(11)15)5-14(15)12(10)3-9;/h8-15H,2-7H2,1H3;8-15H,2-7H2,1H3;8-15H,2-7,17H2,1H3;8-15,17H,2-7H2,1H3;8-14,16H,1-7H2;1H. The molecule has 35 rings (SSSR count). The molecule has 0 saturated heterocycles. The number of quaternary nitrogens is 1. The van der Waals surface area contributed by atoms with Crippen molar-refractivity contribution in [1.29, 1.82) is 0 Å². The lowest BCUT2D eigenvalue weighted by Crippen LogP contribution is -3.00. The highest BCUT2D eigenvalue weighted by atomic mass is 79.9. The summed E-state index contributed by atoms with van der Waals surface area (Å²) in [5, 5.41) is 24.8. The minimum atomic E-state index is -0.0365. The van der Waals surface area contributed by atoms with Gasteiger partial charge in [0.1, 0.15) is 0 Å². The second-order valence-electron chi connectivity index (χ2n) is 40.5. The molecule has 0 aromatic heterocycles. The summed E-state index contributed by atoms with van der Waals surface area (Å²) in [5.41, 5.74) is 16.1. The second kappa shape index (κ2) is 19.2. The van der Waals surface area contributed by atoms with E-state index in [0.717, 1.165) is 206 Å². The number of halogens is 2. The molecule has 0 aromatic carbocycles. The van der Waals surface area contributed by atoms with Crippen LogP contribution in [-0.2, 0) is 0 Å². The smallest absolute Gasteiger partial charge is 0.0877 e. The van der Waals surface area contributed by atoms with Gasteiger partial charge in [-0.15, -0.1) is 0 Å². The SMILES string of the molecule is CC(Br)C12CC3CC4C5CC(CC41)CC2C5C3.CC(N=[N+]=[N-])C12CC3CC4C5CC(CC41)CC2C5C3.CC(O)C12CC3CC4C5CC(CC41)CC2C5C3.CC([NH3+])C12CC3CC4C5CC(CC41)CC2C5C3.OCC12CC3CC4C5CC(CC41)CC2C5C3.[Cl-]. The van der Waals surface area contributed by atoms with E-state index in [4.69, 9.17) is 5.53 Å². The fourth-order valence-electron chi connectivity index (χ4n) is 39.0. The summed E-state index contributed by atoms with van der Waals surface area (Å²) in [7, 11) is 0. The third-order valence-electron chi connectivity index (χ3n) is 39.6. The van der Waals surface area contributed by atoms with Crippen LogP contribution in [0.4, 0.5) is 0 Å². The van der Waals surface area contributed by atoms with E-state index in [9.17, 15) is 10.2 Å². The summed E-state index contributed by atoms with van der Waals surface area (Å²) < 4.78 is 0. The first kappa shape index (κ1) is 57.2. The number of aliphatic hydroxyl groups excluding tert-OH is 2.